The van der Waals surface area contributed by atoms with Crippen LogP contribution in [0.5, 0.6) is 0 Å². The van der Waals surface area contributed by atoms with Gasteiger partial charge in [-0.15, -0.1) is 5.10 Å². The standard InChI is InChI=1S/C15H27N5/c1-15(2,3)16-9-13-11-20(18-17-13)7-6-19-10-12-4-5-14(19)8-12/h11-12,14,16H,4-10H2,1-3H3. The number of nitrogens with one attached hydrogen (secondary N) is 1. The van der Waals surface area contributed by atoms with Crippen molar-refractivity contribution in [3.8, 4) is 0 Å². The predicted molar refractivity (Wildman–Crippen MR) is 79.3 cm³/mol. The van der Waals surface area contributed by atoms with Crippen LogP contribution in [0.1, 0.15) is 45.7 Å². The molecular weight excluding hydrogens is 250 g/mol. The number of nitrogens with zero attached hydrogens (tertiary/aromatic N) is 4. The molecule has 0 amide bonds. The smallest absolute Gasteiger partial charge is 0.0965 e. The van der Waals surface area contributed by atoms with E-state index in [1.54, 1.807) is 0 Å². The Morgan fingerprint density at radius 2 is 2.15 bits per heavy atom. The number of piperidine rings is 1. The highest BCUT2D eigenvalue weighted by molar-refractivity contribution is 4.94. The predicted octanol–water partition coefficient (Wildman–Crippen LogP) is 1.65. The molecule has 3 rings (SSSR count). The van der Waals surface area contributed by atoms with Crippen LogP contribution in [-0.2, 0) is 13.1 Å². The van der Waals surface area contributed by atoms with Gasteiger partial charge in [-0.2, -0.15) is 0 Å². The van der Waals surface area contributed by atoms with Crippen molar-refractivity contribution >= 4 is 0 Å². The van der Waals surface area contributed by atoms with Crippen molar-refractivity contribution in [1.82, 2.24) is 25.2 Å². The lowest BCUT2D eigenvalue weighted by Crippen LogP contribution is -2.35. The largest absolute Gasteiger partial charge is 0.306 e. The molecule has 2 bridgehead atoms. The first-order valence-corrected chi connectivity index (χ1v) is 7.88. The summed E-state index contributed by atoms with van der Waals surface area (Å²) in [5.74, 6) is 0.974. The van der Waals surface area contributed by atoms with E-state index in [-0.39, 0.29) is 5.54 Å². The molecule has 5 nitrogen and oxygen atoms in total. The zero-order valence-electron chi connectivity index (χ0n) is 13.0. The lowest BCUT2D eigenvalue weighted by molar-refractivity contribution is 0.203. The lowest BCUT2D eigenvalue weighted by atomic mass is 10.1. The van der Waals surface area contributed by atoms with Crippen molar-refractivity contribution in [1.29, 1.82) is 0 Å². The Morgan fingerprint density at radius 1 is 1.30 bits per heavy atom. The maximum atomic E-state index is 4.24. The Morgan fingerprint density at radius 3 is 2.80 bits per heavy atom. The highest BCUT2D eigenvalue weighted by Gasteiger charge is 2.37. The summed E-state index contributed by atoms with van der Waals surface area (Å²) in [6.45, 7) is 10.7. The minimum absolute atomic E-state index is 0.124. The number of aromatic nitrogens is 3. The number of likely N-dealkylation sites (tertiary alicyclic amines) is 1. The molecule has 1 aromatic heterocycles. The number of fused-ring (bicyclic) bond motifs is 2. The molecule has 0 spiro atoms. The van der Waals surface area contributed by atoms with Crippen LogP contribution >= 0.6 is 0 Å². The Labute approximate surface area is 121 Å². The molecule has 2 unspecified atom stereocenters. The molecule has 0 radical (unpaired) electrons. The molecule has 112 valence electrons. The van der Waals surface area contributed by atoms with E-state index in [1.165, 1.54) is 25.8 Å². The van der Waals surface area contributed by atoms with E-state index in [0.717, 1.165) is 37.3 Å². The van der Waals surface area contributed by atoms with Crippen molar-refractivity contribution < 1.29 is 0 Å². The van der Waals surface area contributed by atoms with Gasteiger partial charge in [-0.25, -0.2) is 0 Å². The highest BCUT2D eigenvalue weighted by atomic mass is 15.4. The zero-order chi connectivity index (χ0) is 14.2. The second kappa shape index (κ2) is 5.45. The average Bonchev–Trinajstić information content (AvgIpc) is 3.09. The second-order valence-corrected chi connectivity index (χ2v) is 7.40. The van der Waals surface area contributed by atoms with Crippen molar-refractivity contribution in [2.24, 2.45) is 5.92 Å². The van der Waals surface area contributed by atoms with E-state index in [0.29, 0.717) is 0 Å². The molecule has 0 aromatic carbocycles. The Hall–Kier alpha value is -0.940. The van der Waals surface area contributed by atoms with E-state index in [2.05, 4.69) is 47.5 Å². The van der Waals surface area contributed by atoms with Gasteiger partial charge in [0.2, 0.25) is 0 Å². The summed E-state index contributed by atoms with van der Waals surface area (Å²) in [5, 5.41) is 11.9. The minimum Gasteiger partial charge on any atom is -0.306 e. The van der Waals surface area contributed by atoms with Crippen LogP contribution in [-0.4, -0.2) is 44.6 Å². The summed E-state index contributed by atoms with van der Waals surface area (Å²) >= 11 is 0. The lowest BCUT2D eigenvalue weighted by Gasteiger charge is -2.26. The van der Waals surface area contributed by atoms with Crippen molar-refractivity contribution in [3.63, 3.8) is 0 Å². The van der Waals surface area contributed by atoms with Crippen LogP contribution in [0.15, 0.2) is 6.20 Å². The SMILES string of the molecule is CC(C)(C)NCc1cn(CCN2CC3CCC2C3)nn1. The van der Waals surface area contributed by atoms with Crippen LogP contribution in [0.3, 0.4) is 0 Å². The molecule has 1 aliphatic heterocycles. The van der Waals surface area contributed by atoms with Crippen LogP contribution in [0.25, 0.3) is 0 Å². The summed E-state index contributed by atoms with van der Waals surface area (Å²) in [4.78, 5) is 2.64. The van der Waals surface area contributed by atoms with Crippen molar-refractivity contribution in [2.75, 3.05) is 13.1 Å². The molecule has 2 fully saturated rings. The van der Waals surface area contributed by atoms with E-state index >= 15 is 0 Å². The average molecular weight is 277 g/mol. The topological polar surface area (TPSA) is 46.0 Å². The maximum absolute atomic E-state index is 4.24. The first-order valence-electron chi connectivity index (χ1n) is 7.88. The summed E-state index contributed by atoms with van der Waals surface area (Å²) in [6, 6.07) is 0.852. The Kier molecular flexibility index (Phi) is 3.82. The molecule has 1 aliphatic carbocycles. The third kappa shape index (κ3) is 3.38. The fourth-order valence-corrected chi connectivity index (χ4v) is 3.42. The van der Waals surface area contributed by atoms with Gasteiger partial charge >= 0.3 is 0 Å². The molecule has 1 aromatic rings. The zero-order valence-corrected chi connectivity index (χ0v) is 13.0. The molecule has 2 heterocycles. The first kappa shape index (κ1) is 14.0. The minimum atomic E-state index is 0.124. The van der Waals surface area contributed by atoms with Crippen LogP contribution < -0.4 is 5.32 Å². The van der Waals surface area contributed by atoms with Gasteiger partial charge in [0.25, 0.3) is 0 Å². The highest BCUT2D eigenvalue weighted by Crippen LogP contribution is 2.36. The fourth-order valence-electron chi connectivity index (χ4n) is 3.42. The van der Waals surface area contributed by atoms with Crippen molar-refractivity contribution in [2.45, 2.75) is 64.7 Å². The molecule has 2 atom stereocenters. The van der Waals surface area contributed by atoms with Crippen LogP contribution in [0.2, 0.25) is 0 Å². The van der Waals surface area contributed by atoms with E-state index in [9.17, 15) is 0 Å². The Bertz CT molecular complexity index is 447. The normalized spacial score (nSPS) is 26.6. The van der Waals surface area contributed by atoms with Gasteiger partial charge in [0.15, 0.2) is 0 Å². The number of hydrogen-bond donors (Lipinski definition) is 1. The monoisotopic (exact) mass is 277 g/mol. The van der Waals surface area contributed by atoms with Gasteiger partial charge in [-0.05, 0) is 46.0 Å². The quantitative estimate of drug-likeness (QED) is 0.889. The molecule has 1 saturated heterocycles. The summed E-state index contributed by atoms with van der Waals surface area (Å²) in [7, 11) is 0. The molecule has 5 heteroatoms. The van der Waals surface area contributed by atoms with E-state index < -0.39 is 0 Å². The first-order chi connectivity index (χ1) is 9.49. The molecule has 20 heavy (non-hydrogen) atoms. The van der Waals surface area contributed by atoms with Gasteiger partial charge in [0, 0.05) is 37.4 Å². The van der Waals surface area contributed by atoms with Gasteiger partial charge in [-0.3, -0.25) is 9.58 Å². The van der Waals surface area contributed by atoms with Crippen LogP contribution in [0.4, 0.5) is 0 Å². The third-order valence-electron chi connectivity index (χ3n) is 4.52. The van der Waals surface area contributed by atoms with E-state index in [1.807, 2.05) is 4.68 Å². The van der Waals surface area contributed by atoms with Gasteiger partial charge in [0.1, 0.15) is 0 Å². The van der Waals surface area contributed by atoms with Crippen LogP contribution in [0, 0.1) is 5.92 Å². The second-order valence-electron chi connectivity index (χ2n) is 7.40. The van der Waals surface area contributed by atoms with Gasteiger partial charge in [-0.1, -0.05) is 5.21 Å². The van der Waals surface area contributed by atoms with Gasteiger partial charge in [0.05, 0.1) is 12.2 Å². The molecular formula is C15H27N5. The fraction of sp³-hybridized carbons (Fsp3) is 0.867. The number of rotatable bonds is 5. The summed E-state index contributed by atoms with van der Waals surface area (Å²) < 4.78 is 1.99. The summed E-state index contributed by atoms with van der Waals surface area (Å²) in [5.41, 5.74) is 1.15. The van der Waals surface area contributed by atoms with Crippen molar-refractivity contribution in [3.05, 3.63) is 11.9 Å². The summed E-state index contributed by atoms with van der Waals surface area (Å²) in [6.07, 6.45) is 6.36. The maximum Gasteiger partial charge on any atom is 0.0965 e. The third-order valence-corrected chi connectivity index (χ3v) is 4.52. The van der Waals surface area contributed by atoms with E-state index in [4.69, 9.17) is 0 Å². The Balaban J connectivity index is 1.45. The molecule has 1 N–H and O–H groups in total. The van der Waals surface area contributed by atoms with Gasteiger partial charge < -0.3 is 5.32 Å². The number of hydrogen-bond acceptors (Lipinski definition) is 4. The molecule has 1 saturated carbocycles. The molecule has 2 aliphatic rings.